The third-order valence-corrected chi connectivity index (χ3v) is 2.43. The molecule has 0 aromatic rings. The Morgan fingerprint density at radius 1 is 1.12 bits per heavy atom. The molecule has 0 saturated heterocycles. The molecule has 0 fully saturated rings. The van der Waals surface area contributed by atoms with Crippen LogP contribution in [0.4, 0.5) is 0 Å². The molecule has 0 spiro atoms. The molecule has 0 radical (unpaired) electrons. The van der Waals surface area contributed by atoms with E-state index in [4.69, 9.17) is 19.3 Å². The third-order valence-electron chi connectivity index (χ3n) is 2.43. The Morgan fingerprint density at radius 2 is 1.76 bits per heavy atom. The van der Waals surface area contributed by atoms with E-state index in [9.17, 15) is 4.79 Å². The van der Waals surface area contributed by atoms with Crippen LogP contribution in [0.5, 0.6) is 0 Å². The van der Waals surface area contributed by atoms with Crippen molar-refractivity contribution in [2.75, 3.05) is 54.2 Å². The first-order chi connectivity index (χ1) is 8.17. The number of methoxy groups -OCH3 is 3. The summed E-state index contributed by atoms with van der Waals surface area (Å²) < 4.78 is 14.9. The minimum absolute atomic E-state index is 0.173. The van der Waals surface area contributed by atoms with Gasteiger partial charge in [0, 0.05) is 41.0 Å². The zero-order valence-corrected chi connectivity index (χ0v) is 10.8. The lowest BCUT2D eigenvalue weighted by molar-refractivity contribution is -0.145. The monoisotopic (exact) mass is 249 g/mol. The van der Waals surface area contributed by atoms with Gasteiger partial charge in [0.2, 0.25) is 0 Å². The van der Waals surface area contributed by atoms with Crippen LogP contribution in [-0.2, 0) is 19.0 Å². The van der Waals surface area contributed by atoms with E-state index in [1.165, 1.54) is 7.11 Å². The Labute approximate surface area is 102 Å². The second kappa shape index (κ2) is 10.5. The second-order valence-electron chi connectivity index (χ2n) is 3.68. The van der Waals surface area contributed by atoms with Crippen molar-refractivity contribution in [3.05, 3.63) is 0 Å². The van der Waals surface area contributed by atoms with Gasteiger partial charge in [0.1, 0.15) is 6.04 Å². The van der Waals surface area contributed by atoms with Crippen molar-refractivity contribution in [3.8, 4) is 0 Å². The van der Waals surface area contributed by atoms with Gasteiger partial charge in [-0.1, -0.05) is 0 Å². The highest BCUT2D eigenvalue weighted by atomic mass is 16.5. The number of hydrogen-bond donors (Lipinski definition) is 1. The van der Waals surface area contributed by atoms with Crippen molar-refractivity contribution in [3.63, 3.8) is 0 Å². The smallest absolute Gasteiger partial charge is 0.323 e. The molecule has 6 nitrogen and oxygen atoms in total. The molecule has 0 aliphatic carbocycles. The maximum Gasteiger partial charge on any atom is 0.323 e. The molecule has 102 valence electrons. The molecule has 0 saturated carbocycles. The van der Waals surface area contributed by atoms with E-state index >= 15 is 0 Å². The molecular formula is C11H23NO5. The zero-order chi connectivity index (χ0) is 13.1. The Kier molecular flexibility index (Phi) is 10.0. The highest BCUT2D eigenvalue weighted by Gasteiger charge is 2.24. The minimum Gasteiger partial charge on any atom is -0.480 e. The number of ether oxygens (including phenoxy) is 3. The molecule has 17 heavy (non-hydrogen) atoms. The van der Waals surface area contributed by atoms with Gasteiger partial charge in [-0.15, -0.1) is 0 Å². The number of carboxylic acid groups (broad SMARTS) is 1. The van der Waals surface area contributed by atoms with Gasteiger partial charge in [-0.25, -0.2) is 0 Å². The number of carbonyl (C=O) groups is 1. The summed E-state index contributed by atoms with van der Waals surface area (Å²) in [6.07, 6.45) is 0.785. The Hall–Kier alpha value is -0.690. The zero-order valence-electron chi connectivity index (χ0n) is 10.8. The molecule has 0 amide bonds. The Morgan fingerprint density at radius 3 is 2.24 bits per heavy atom. The maximum absolute atomic E-state index is 11.1. The molecule has 1 unspecified atom stereocenters. The number of rotatable bonds is 11. The van der Waals surface area contributed by atoms with Crippen LogP contribution in [0.1, 0.15) is 6.42 Å². The van der Waals surface area contributed by atoms with Crippen molar-refractivity contribution in [2.24, 2.45) is 0 Å². The molecular weight excluding hydrogens is 226 g/mol. The van der Waals surface area contributed by atoms with Crippen LogP contribution >= 0.6 is 0 Å². The summed E-state index contributed by atoms with van der Waals surface area (Å²) in [6, 6.07) is -0.632. The van der Waals surface area contributed by atoms with Crippen LogP contribution in [0.3, 0.4) is 0 Å². The lowest BCUT2D eigenvalue weighted by Crippen LogP contribution is -2.46. The predicted molar refractivity (Wildman–Crippen MR) is 63.2 cm³/mol. The number of hydrogen-bond acceptors (Lipinski definition) is 5. The molecule has 0 aromatic carbocycles. The van der Waals surface area contributed by atoms with Gasteiger partial charge in [-0.05, 0) is 6.42 Å². The van der Waals surface area contributed by atoms with Crippen LogP contribution < -0.4 is 0 Å². The number of aliphatic carboxylic acids is 1. The van der Waals surface area contributed by atoms with Crippen LogP contribution in [0.25, 0.3) is 0 Å². The lowest BCUT2D eigenvalue weighted by atomic mass is 10.2. The van der Waals surface area contributed by atoms with Crippen LogP contribution in [0.15, 0.2) is 0 Å². The third kappa shape index (κ3) is 7.27. The fraction of sp³-hybridized carbons (Fsp3) is 0.909. The van der Waals surface area contributed by atoms with Gasteiger partial charge in [0.25, 0.3) is 0 Å². The van der Waals surface area contributed by atoms with Crippen LogP contribution in [0.2, 0.25) is 0 Å². The largest absolute Gasteiger partial charge is 0.480 e. The maximum atomic E-state index is 11.1. The van der Waals surface area contributed by atoms with Gasteiger partial charge < -0.3 is 19.3 Å². The van der Waals surface area contributed by atoms with E-state index in [2.05, 4.69) is 0 Å². The summed E-state index contributed by atoms with van der Waals surface area (Å²) in [5, 5.41) is 9.14. The second-order valence-corrected chi connectivity index (χ2v) is 3.68. The summed E-state index contributed by atoms with van der Waals surface area (Å²) in [5.41, 5.74) is 0. The average Bonchev–Trinajstić information content (AvgIpc) is 2.31. The fourth-order valence-electron chi connectivity index (χ4n) is 1.53. The molecule has 1 N–H and O–H groups in total. The lowest BCUT2D eigenvalue weighted by Gasteiger charge is -2.27. The van der Waals surface area contributed by atoms with Gasteiger partial charge in [-0.2, -0.15) is 0 Å². The molecule has 0 aliphatic rings. The highest BCUT2D eigenvalue weighted by Crippen LogP contribution is 2.03. The average molecular weight is 249 g/mol. The first kappa shape index (κ1) is 16.3. The summed E-state index contributed by atoms with van der Waals surface area (Å²) in [7, 11) is 4.72. The number of nitrogens with zero attached hydrogens (tertiary/aromatic N) is 1. The van der Waals surface area contributed by atoms with E-state index in [0.29, 0.717) is 26.3 Å². The summed E-state index contributed by atoms with van der Waals surface area (Å²) in [5.74, 6) is -0.875. The van der Waals surface area contributed by atoms with Crippen molar-refractivity contribution >= 4 is 5.97 Å². The summed E-state index contributed by atoms with van der Waals surface area (Å²) in [4.78, 5) is 13.0. The van der Waals surface area contributed by atoms with Gasteiger partial charge in [0.15, 0.2) is 0 Å². The Balaban J connectivity index is 4.31. The molecule has 0 aliphatic heterocycles. The molecule has 0 rings (SSSR count). The van der Waals surface area contributed by atoms with E-state index in [0.717, 1.165) is 6.42 Å². The summed E-state index contributed by atoms with van der Waals surface area (Å²) >= 11 is 0. The van der Waals surface area contributed by atoms with Crippen molar-refractivity contribution in [1.29, 1.82) is 0 Å². The fourth-order valence-corrected chi connectivity index (χ4v) is 1.53. The summed E-state index contributed by atoms with van der Waals surface area (Å²) in [6.45, 7) is 2.51. The van der Waals surface area contributed by atoms with Crippen molar-refractivity contribution in [1.82, 2.24) is 4.90 Å². The quantitative estimate of drug-likeness (QED) is 0.523. The van der Waals surface area contributed by atoms with E-state index in [1.807, 2.05) is 4.90 Å². The molecule has 0 heterocycles. The molecule has 1 atom stereocenters. The SMILES string of the molecule is COCCCN(CCOC)C(COC)C(=O)O. The van der Waals surface area contributed by atoms with Gasteiger partial charge >= 0.3 is 5.97 Å². The van der Waals surface area contributed by atoms with E-state index < -0.39 is 12.0 Å². The van der Waals surface area contributed by atoms with Crippen molar-refractivity contribution < 1.29 is 24.1 Å². The standard InChI is InChI=1S/C11H23NO5/c1-15-7-4-5-12(6-8-16-2)10(9-17-3)11(13)14/h10H,4-9H2,1-3H3,(H,13,14). The van der Waals surface area contributed by atoms with Crippen LogP contribution in [0, 0.1) is 0 Å². The molecule has 0 bridgehead atoms. The molecule has 6 heteroatoms. The predicted octanol–water partition coefficient (Wildman–Crippen LogP) is 0.0709. The minimum atomic E-state index is -0.875. The van der Waals surface area contributed by atoms with Crippen molar-refractivity contribution in [2.45, 2.75) is 12.5 Å². The normalized spacial score (nSPS) is 12.9. The highest BCUT2D eigenvalue weighted by molar-refractivity contribution is 5.73. The van der Waals surface area contributed by atoms with E-state index in [-0.39, 0.29) is 6.61 Å². The molecule has 0 aromatic heterocycles. The number of carboxylic acids is 1. The van der Waals surface area contributed by atoms with Gasteiger partial charge in [-0.3, -0.25) is 9.69 Å². The topological polar surface area (TPSA) is 68.2 Å². The van der Waals surface area contributed by atoms with E-state index in [1.54, 1.807) is 14.2 Å². The first-order valence-corrected chi connectivity index (χ1v) is 5.61. The Bertz CT molecular complexity index is 200. The van der Waals surface area contributed by atoms with Crippen LogP contribution in [-0.4, -0.2) is 76.3 Å². The van der Waals surface area contributed by atoms with Gasteiger partial charge in [0.05, 0.1) is 13.2 Å². The first-order valence-electron chi connectivity index (χ1n) is 5.61.